The van der Waals surface area contributed by atoms with Crippen molar-refractivity contribution in [2.75, 3.05) is 10.8 Å². The lowest BCUT2D eigenvalue weighted by molar-refractivity contribution is -0.120. The zero-order valence-corrected chi connectivity index (χ0v) is 17.7. The summed E-state index contributed by atoms with van der Waals surface area (Å²) in [5.41, 5.74) is 2.11. The molecule has 1 aliphatic carbocycles. The first-order valence-corrected chi connectivity index (χ1v) is 11.2. The summed E-state index contributed by atoms with van der Waals surface area (Å²) in [5, 5.41) is 3.49. The third kappa shape index (κ3) is 4.67. The van der Waals surface area contributed by atoms with E-state index in [4.69, 9.17) is 11.6 Å². The molecule has 1 amide bonds. The Morgan fingerprint density at radius 2 is 1.75 bits per heavy atom. The van der Waals surface area contributed by atoms with Crippen LogP contribution in [-0.4, -0.2) is 26.9 Å². The van der Waals surface area contributed by atoms with Gasteiger partial charge in [0.1, 0.15) is 6.54 Å². The maximum Gasteiger partial charge on any atom is 0.264 e. The highest BCUT2D eigenvalue weighted by molar-refractivity contribution is 7.92. The molecule has 1 saturated carbocycles. The Balaban J connectivity index is 1.95. The number of nitrogens with zero attached hydrogens (tertiary/aromatic N) is 1. The average molecular weight is 421 g/mol. The van der Waals surface area contributed by atoms with Crippen LogP contribution in [0.15, 0.2) is 47.4 Å². The first-order chi connectivity index (χ1) is 13.3. The van der Waals surface area contributed by atoms with E-state index in [0.29, 0.717) is 16.3 Å². The average Bonchev–Trinajstić information content (AvgIpc) is 3.13. The Labute approximate surface area is 171 Å². The number of carbonyl (C=O) groups is 1. The maximum atomic E-state index is 13.4. The minimum absolute atomic E-state index is 0.128. The standard InChI is InChI=1S/C21H25ClN2O3S/c1-15-7-10-19(11-8-15)28(26,27)24(20-12-9-17(22)13-16(20)2)14-21(25)23-18-5-3-4-6-18/h7-13,18H,3-6,14H2,1-2H3,(H,23,25). The summed E-state index contributed by atoms with van der Waals surface area (Å²) in [6.45, 7) is 3.41. The van der Waals surface area contributed by atoms with Gasteiger partial charge in [-0.05, 0) is 62.6 Å². The van der Waals surface area contributed by atoms with Crippen LogP contribution in [0, 0.1) is 13.8 Å². The molecule has 0 aliphatic heterocycles. The first kappa shape index (κ1) is 20.7. The Morgan fingerprint density at radius 3 is 2.36 bits per heavy atom. The van der Waals surface area contributed by atoms with E-state index in [1.165, 1.54) is 4.31 Å². The van der Waals surface area contributed by atoms with Crippen LogP contribution in [0.3, 0.4) is 0 Å². The molecule has 2 aromatic rings. The number of benzene rings is 2. The lowest BCUT2D eigenvalue weighted by atomic mass is 10.2. The van der Waals surface area contributed by atoms with Crippen molar-refractivity contribution in [2.45, 2.75) is 50.5 Å². The smallest absolute Gasteiger partial charge is 0.264 e. The Morgan fingerprint density at radius 1 is 1.11 bits per heavy atom. The van der Waals surface area contributed by atoms with Crippen LogP contribution in [0.1, 0.15) is 36.8 Å². The third-order valence-corrected chi connectivity index (χ3v) is 7.05. The van der Waals surface area contributed by atoms with Gasteiger partial charge < -0.3 is 5.32 Å². The molecule has 0 heterocycles. The molecular weight excluding hydrogens is 396 g/mol. The fourth-order valence-electron chi connectivity index (χ4n) is 3.51. The fraction of sp³-hybridized carbons (Fsp3) is 0.381. The quantitative estimate of drug-likeness (QED) is 0.761. The highest BCUT2D eigenvalue weighted by Crippen LogP contribution is 2.29. The zero-order chi connectivity index (χ0) is 20.3. The van der Waals surface area contributed by atoms with Gasteiger partial charge in [-0.2, -0.15) is 0 Å². The number of carbonyl (C=O) groups excluding carboxylic acids is 1. The van der Waals surface area contributed by atoms with Crippen molar-refractivity contribution in [1.29, 1.82) is 0 Å². The van der Waals surface area contributed by atoms with Crippen molar-refractivity contribution >= 4 is 33.2 Å². The summed E-state index contributed by atoms with van der Waals surface area (Å²) in [5.74, 6) is -0.295. The van der Waals surface area contributed by atoms with E-state index >= 15 is 0 Å². The Bertz CT molecular complexity index is 952. The molecule has 0 unspecified atom stereocenters. The van der Waals surface area contributed by atoms with Gasteiger partial charge in [0.2, 0.25) is 5.91 Å². The highest BCUT2D eigenvalue weighted by Gasteiger charge is 2.29. The molecule has 0 atom stereocenters. The predicted octanol–water partition coefficient (Wildman–Crippen LogP) is 4.21. The highest BCUT2D eigenvalue weighted by atomic mass is 35.5. The molecular formula is C21H25ClN2O3S. The van der Waals surface area contributed by atoms with Crippen LogP contribution < -0.4 is 9.62 Å². The normalized spacial score (nSPS) is 14.8. The minimum atomic E-state index is -3.91. The van der Waals surface area contributed by atoms with Crippen molar-refractivity contribution < 1.29 is 13.2 Å². The van der Waals surface area contributed by atoms with Gasteiger partial charge in [-0.15, -0.1) is 0 Å². The summed E-state index contributed by atoms with van der Waals surface area (Å²) < 4.78 is 27.9. The Kier molecular flexibility index (Phi) is 6.30. The molecule has 0 bridgehead atoms. The van der Waals surface area contributed by atoms with Gasteiger partial charge in [-0.1, -0.05) is 42.1 Å². The van der Waals surface area contributed by atoms with E-state index < -0.39 is 10.0 Å². The SMILES string of the molecule is Cc1ccc(S(=O)(=O)N(CC(=O)NC2CCCC2)c2ccc(Cl)cc2C)cc1. The molecule has 28 heavy (non-hydrogen) atoms. The molecule has 3 rings (SSSR count). The summed E-state index contributed by atoms with van der Waals surface area (Å²) in [7, 11) is -3.91. The largest absolute Gasteiger partial charge is 0.352 e. The third-order valence-electron chi connectivity index (χ3n) is 5.04. The van der Waals surface area contributed by atoms with Crippen LogP contribution in [0.25, 0.3) is 0 Å². The number of aryl methyl sites for hydroxylation is 2. The second-order valence-electron chi connectivity index (χ2n) is 7.30. The number of amides is 1. The first-order valence-electron chi connectivity index (χ1n) is 9.42. The topological polar surface area (TPSA) is 66.5 Å². The summed E-state index contributed by atoms with van der Waals surface area (Å²) in [6, 6.07) is 11.7. The Hall–Kier alpha value is -2.05. The zero-order valence-electron chi connectivity index (χ0n) is 16.1. The molecule has 2 aromatic carbocycles. The second-order valence-corrected chi connectivity index (χ2v) is 9.60. The van der Waals surface area contributed by atoms with Gasteiger partial charge in [-0.3, -0.25) is 9.10 Å². The van der Waals surface area contributed by atoms with Gasteiger partial charge in [-0.25, -0.2) is 8.42 Å². The van der Waals surface area contributed by atoms with Crippen LogP contribution in [-0.2, 0) is 14.8 Å². The van der Waals surface area contributed by atoms with E-state index in [-0.39, 0.29) is 23.4 Å². The number of hydrogen-bond donors (Lipinski definition) is 1. The summed E-state index contributed by atoms with van der Waals surface area (Å²) in [6.07, 6.45) is 4.06. The van der Waals surface area contributed by atoms with Gasteiger partial charge >= 0.3 is 0 Å². The molecule has 0 aromatic heterocycles. The lowest BCUT2D eigenvalue weighted by Crippen LogP contribution is -2.43. The molecule has 5 nitrogen and oxygen atoms in total. The van der Waals surface area contributed by atoms with Gasteiger partial charge in [0.25, 0.3) is 10.0 Å². The van der Waals surface area contributed by atoms with E-state index in [0.717, 1.165) is 31.2 Å². The fourth-order valence-corrected chi connectivity index (χ4v) is 5.22. The summed E-state index contributed by atoms with van der Waals surface area (Å²) in [4.78, 5) is 12.8. The van der Waals surface area contributed by atoms with Crippen molar-refractivity contribution in [3.05, 3.63) is 58.6 Å². The number of nitrogens with one attached hydrogen (secondary N) is 1. The molecule has 1 aliphatic rings. The molecule has 1 N–H and O–H groups in total. The maximum absolute atomic E-state index is 13.4. The second kappa shape index (κ2) is 8.53. The van der Waals surface area contributed by atoms with E-state index in [1.54, 1.807) is 49.4 Å². The van der Waals surface area contributed by atoms with Crippen LogP contribution in [0.4, 0.5) is 5.69 Å². The lowest BCUT2D eigenvalue weighted by Gasteiger charge is -2.26. The van der Waals surface area contributed by atoms with E-state index in [1.807, 2.05) is 6.92 Å². The molecule has 7 heteroatoms. The van der Waals surface area contributed by atoms with Gasteiger partial charge in [0.15, 0.2) is 0 Å². The minimum Gasteiger partial charge on any atom is -0.352 e. The molecule has 0 saturated heterocycles. The van der Waals surface area contributed by atoms with Crippen LogP contribution >= 0.6 is 11.6 Å². The van der Waals surface area contributed by atoms with Gasteiger partial charge in [0.05, 0.1) is 10.6 Å². The number of rotatable bonds is 6. The molecule has 0 spiro atoms. The van der Waals surface area contributed by atoms with Crippen molar-refractivity contribution in [3.63, 3.8) is 0 Å². The van der Waals surface area contributed by atoms with E-state index in [2.05, 4.69) is 5.32 Å². The van der Waals surface area contributed by atoms with Crippen molar-refractivity contribution in [1.82, 2.24) is 5.32 Å². The molecule has 150 valence electrons. The number of halogens is 1. The molecule has 1 fully saturated rings. The number of anilines is 1. The van der Waals surface area contributed by atoms with Crippen molar-refractivity contribution in [3.8, 4) is 0 Å². The van der Waals surface area contributed by atoms with Crippen LogP contribution in [0.5, 0.6) is 0 Å². The molecule has 0 radical (unpaired) electrons. The monoisotopic (exact) mass is 420 g/mol. The van der Waals surface area contributed by atoms with Gasteiger partial charge in [0, 0.05) is 11.1 Å². The van der Waals surface area contributed by atoms with Crippen molar-refractivity contribution in [2.24, 2.45) is 0 Å². The number of sulfonamides is 1. The van der Waals surface area contributed by atoms with E-state index in [9.17, 15) is 13.2 Å². The predicted molar refractivity (Wildman–Crippen MR) is 112 cm³/mol. The summed E-state index contributed by atoms with van der Waals surface area (Å²) >= 11 is 6.04. The van der Waals surface area contributed by atoms with Crippen LogP contribution in [0.2, 0.25) is 5.02 Å². The number of hydrogen-bond acceptors (Lipinski definition) is 3.